The maximum Gasteiger partial charge on any atom is 0.220 e. The van der Waals surface area contributed by atoms with Crippen molar-refractivity contribution in [2.24, 2.45) is 0 Å². The molecule has 1 aromatic rings. The molecule has 0 spiro atoms. The van der Waals surface area contributed by atoms with Crippen LogP contribution in [0.25, 0.3) is 0 Å². The Morgan fingerprint density at radius 1 is 1.43 bits per heavy atom. The van der Waals surface area contributed by atoms with Crippen LogP contribution in [0.4, 0.5) is 0 Å². The van der Waals surface area contributed by atoms with Gasteiger partial charge in [0.2, 0.25) is 5.12 Å². The van der Waals surface area contributed by atoms with Crippen molar-refractivity contribution in [3.05, 3.63) is 35.9 Å². The van der Waals surface area contributed by atoms with Gasteiger partial charge in [-0.3, -0.25) is 10.1 Å². The van der Waals surface area contributed by atoms with Crippen molar-refractivity contribution in [2.45, 2.75) is 18.0 Å². The zero-order valence-corrected chi connectivity index (χ0v) is 8.33. The molecular formula is C10H11NO2S. The molecule has 0 radical (unpaired) electrons. The molecule has 0 bridgehead atoms. The fourth-order valence-corrected chi connectivity index (χ4v) is 2.28. The molecule has 74 valence electrons. The van der Waals surface area contributed by atoms with Gasteiger partial charge in [0.1, 0.15) is 6.23 Å². The lowest BCUT2D eigenvalue weighted by atomic mass is 10.2. The van der Waals surface area contributed by atoms with Gasteiger partial charge in [-0.1, -0.05) is 42.1 Å². The highest BCUT2D eigenvalue weighted by molar-refractivity contribution is 8.14. The fourth-order valence-electron chi connectivity index (χ4n) is 1.25. The molecule has 0 amide bonds. The monoisotopic (exact) mass is 209 g/mol. The Hall–Kier alpha value is -0.840. The highest BCUT2D eigenvalue weighted by Gasteiger charge is 2.28. The van der Waals surface area contributed by atoms with Gasteiger partial charge in [0.05, 0.1) is 5.37 Å². The Morgan fingerprint density at radius 3 is 2.64 bits per heavy atom. The maximum atomic E-state index is 11.6. The van der Waals surface area contributed by atoms with Crippen molar-refractivity contribution in [2.75, 3.05) is 0 Å². The molecule has 2 atom stereocenters. The quantitative estimate of drug-likeness (QED) is 0.768. The van der Waals surface area contributed by atoms with Crippen LogP contribution >= 0.6 is 11.8 Å². The van der Waals surface area contributed by atoms with E-state index in [4.69, 9.17) is 5.11 Å². The molecule has 1 aromatic carbocycles. The summed E-state index contributed by atoms with van der Waals surface area (Å²) in [5, 5.41) is 11.9. The lowest BCUT2D eigenvalue weighted by molar-refractivity contribution is 0.0625. The lowest BCUT2D eigenvalue weighted by Crippen LogP contribution is -2.50. The van der Waals surface area contributed by atoms with Crippen molar-refractivity contribution in [1.82, 2.24) is 5.32 Å². The van der Waals surface area contributed by atoms with Crippen molar-refractivity contribution in [3.8, 4) is 0 Å². The molecule has 2 unspecified atom stereocenters. The predicted octanol–water partition coefficient (Wildman–Crippen LogP) is 1.20. The van der Waals surface area contributed by atoms with Crippen LogP contribution in [0.1, 0.15) is 16.8 Å². The first-order valence-electron chi connectivity index (χ1n) is 4.46. The zero-order valence-electron chi connectivity index (χ0n) is 7.51. The topological polar surface area (TPSA) is 49.3 Å². The largest absolute Gasteiger partial charge is 0.378 e. The Kier molecular flexibility index (Phi) is 2.86. The van der Waals surface area contributed by atoms with E-state index in [-0.39, 0.29) is 10.5 Å². The van der Waals surface area contributed by atoms with E-state index in [1.807, 2.05) is 18.2 Å². The van der Waals surface area contributed by atoms with Crippen molar-refractivity contribution >= 4 is 16.9 Å². The molecule has 2 rings (SSSR count). The smallest absolute Gasteiger partial charge is 0.220 e. The van der Waals surface area contributed by atoms with Gasteiger partial charge >= 0.3 is 0 Å². The highest BCUT2D eigenvalue weighted by Crippen LogP contribution is 2.24. The molecule has 3 nitrogen and oxygen atoms in total. The van der Waals surface area contributed by atoms with E-state index >= 15 is 0 Å². The first-order valence-corrected chi connectivity index (χ1v) is 5.34. The number of thioether (sulfide) groups is 1. The molecule has 1 aliphatic rings. The average Bonchev–Trinajstić information content (AvgIpc) is 2.17. The van der Waals surface area contributed by atoms with Crippen LogP contribution in [0.2, 0.25) is 0 Å². The Bertz CT molecular complexity index is 322. The van der Waals surface area contributed by atoms with Gasteiger partial charge in [0.25, 0.3) is 0 Å². The molecule has 0 aliphatic carbocycles. The number of carbonyl (C=O) groups is 1. The summed E-state index contributed by atoms with van der Waals surface area (Å²) in [5.74, 6) is 0. The van der Waals surface area contributed by atoms with Crippen LogP contribution in [-0.4, -0.2) is 21.8 Å². The average molecular weight is 209 g/mol. The number of hydrogen-bond donors (Lipinski definition) is 2. The number of nitrogens with one attached hydrogen (secondary N) is 1. The summed E-state index contributed by atoms with van der Waals surface area (Å²) >= 11 is 1.23. The molecular weight excluding hydrogens is 198 g/mol. The third-order valence-electron chi connectivity index (χ3n) is 2.07. The fraction of sp³-hybridized carbons (Fsp3) is 0.300. The summed E-state index contributed by atoms with van der Waals surface area (Å²) in [7, 11) is 0. The minimum Gasteiger partial charge on any atom is -0.378 e. The standard InChI is InChI=1S/C10H11NO2S/c12-8-6-9(11-8)14-10(13)7-4-2-1-3-5-7/h1-5,8-9,11-12H,6H2. The van der Waals surface area contributed by atoms with Crippen LogP contribution in [-0.2, 0) is 0 Å². The van der Waals surface area contributed by atoms with Gasteiger partial charge in [-0.05, 0) is 0 Å². The second-order valence-electron chi connectivity index (χ2n) is 3.18. The molecule has 4 heteroatoms. The van der Waals surface area contributed by atoms with E-state index in [9.17, 15) is 4.79 Å². The van der Waals surface area contributed by atoms with Gasteiger partial charge in [-0.25, -0.2) is 0 Å². The summed E-state index contributed by atoms with van der Waals surface area (Å²) in [6.45, 7) is 0. The van der Waals surface area contributed by atoms with E-state index in [1.165, 1.54) is 11.8 Å². The van der Waals surface area contributed by atoms with Gasteiger partial charge < -0.3 is 5.11 Å². The van der Waals surface area contributed by atoms with E-state index in [0.717, 1.165) is 0 Å². The summed E-state index contributed by atoms with van der Waals surface area (Å²) in [6, 6.07) is 9.16. The van der Waals surface area contributed by atoms with Gasteiger partial charge in [0.15, 0.2) is 0 Å². The molecule has 1 saturated heterocycles. The summed E-state index contributed by atoms with van der Waals surface area (Å²) in [6.07, 6.45) is 0.208. The Morgan fingerprint density at radius 2 is 2.07 bits per heavy atom. The van der Waals surface area contributed by atoms with Crippen LogP contribution < -0.4 is 5.32 Å². The first kappa shape index (κ1) is 9.71. The van der Waals surface area contributed by atoms with Gasteiger partial charge in [-0.2, -0.15) is 0 Å². The Balaban J connectivity index is 1.90. The first-order chi connectivity index (χ1) is 6.75. The van der Waals surface area contributed by atoms with E-state index in [0.29, 0.717) is 12.0 Å². The van der Waals surface area contributed by atoms with Gasteiger partial charge in [0, 0.05) is 12.0 Å². The number of carbonyl (C=O) groups excluding carboxylic acids is 1. The Labute approximate surface area is 86.5 Å². The molecule has 0 aromatic heterocycles. The third-order valence-corrected chi connectivity index (χ3v) is 3.14. The summed E-state index contributed by atoms with van der Waals surface area (Å²) in [4.78, 5) is 11.6. The number of benzene rings is 1. The minimum atomic E-state index is -0.434. The summed E-state index contributed by atoms with van der Waals surface area (Å²) in [5.41, 5.74) is 0.709. The highest BCUT2D eigenvalue weighted by atomic mass is 32.2. The second kappa shape index (κ2) is 4.13. The molecule has 0 saturated carbocycles. The summed E-state index contributed by atoms with van der Waals surface area (Å²) < 4.78 is 0. The van der Waals surface area contributed by atoms with Crippen LogP contribution in [0.5, 0.6) is 0 Å². The van der Waals surface area contributed by atoms with E-state index < -0.39 is 6.23 Å². The molecule has 14 heavy (non-hydrogen) atoms. The zero-order chi connectivity index (χ0) is 9.97. The minimum absolute atomic E-state index is 0.0509. The van der Waals surface area contributed by atoms with Gasteiger partial charge in [-0.15, -0.1) is 0 Å². The molecule has 1 heterocycles. The van der Waals surface area contributed by atoms with Crippen LogP contribution in [0.15, 0.2) is 30.3 Å². The van der Waals surface area contributed by atoms with Crippen LogP contribution in [0.3, 0.4) is 0 Å². The lowest BCUT2D eigenvalue weighted by Gasteiger charge is -2.31. The number of rotatable bonds is 2. The second-order valence-corrected chi connectivity index (χ2v) is 4.35. The molecule has 1 fully saturated rings. The maximum absolute atomic E-state index is 11.6. The predicted molar refractivity (Wildman–Crippen MR) is 55.9 cm³/mol. The van der Waals surface area contributed by atoms with Crippen molar-refractivity contribution in [1.29, 1.82) is 0 Å². The van der Waals surface area contributed by atoms with E-state index in [1.54, 1.807) is 12.1 Å². The molecule has 1 aliphatic heterocycles. The number of hydrogen-bond acceptors (Lipinski definition) is 4. The van der Waals surface area contributed by atoms with Crippen LogP contribution in [0, 0.1) is 0 Å². The normalized spacial score (nSPS) is 25.5. The SMILES string of the molecule is O=C(SC1CC(O)N1)c1ccccc1. The third kappa shape index (κ3) is 2.15. The molecule has 2 N–H and O–H groups in total. The number of aliphatic hydroxyl groups excluding tert-OH is 1. The van der Waals surface area contributed by atoms with Crippen molar-refractivity contribution < 1.29 is 9.90 Å². The van der Waals surface area contributed by atoms with E-state index in [2.05, 4.69) is 5.32 Å². The number of aliphatic hydroxyl groups is 1. The van der Waals surface area contributed by atoms with Crippen molar-refractivity contribution in [3.63, 3.8) is 0 Å².